The average Bonchev–Trinajstić information content (AvgIpc) is 3.34. The van der Waals surface area contributed by atoms with Crippen molar-refractivity contribution in [3.8, 4) is 0 Å². The van der Waals surface area contributed by atoms with Gasteiger partial charge in [-0.1, -0.05) is 78.3 Å². The molecule has 34 heavy (non-hydrogen) atoms. The van der Waals surface area contributed by atoms with E-state index in [1.807, 2.05) is 46.7 Å². The van der Waals surface area contributed by atoms with Crippen molar-refractivity contribution in [1.29, 1.82) is 0 Å². The fraction of sp³-hybridized carbons (Fsp3) is 0.185. The number of carbonyl (C=O) groups is 1. The van der Waals surface area contributed by atoms with Crippen LogP contribution < -0.4 is 5.32 Å². The summed E-state index contributed by atoms with van der Waals surface area (Å²) in [5.41, 5.74) is 3.86. The predicted molar refractivity (Wildman–Crippen MR) is 139 cm³/mol. The van der Waals surface area contributed by atoms with Crippen molar-refractivity contribution in [3.05, 3.63) is 112 Å². The zero-order chi connectivity index (χ0) is 23.3. The Bertz CT molecular complexity index is 1200. The lowest BCUT2D eigenvalue weighted by Gasteiger charge is -2.39. The molecule has 1 aliphatic heterocycles. The summed E-state index contributed by atoms with van der Waals surface area (Å²) in [6, 6.07) is 28.8. The Hall–Kier alpha value is -3.19. The molecule has 172 valence electrons. The summed E-state index contributed by atoms with van der Waals surface area (Å²) < 4.78 is 0. The summed E-state index contributed by atoms with van der Waals surface area (Å²) in [7, 11) is 0. The summed E-state index contributed by atoms with van der Waals surface area (Å²) in [5, 5.41) is 6.37. The van der Waals surface area contributed by atoms with Crippen LogP contribution in [-0.2, 0) is 0 Å². The van der Waals surface area contributed by atoms with Crippen LogP contribution in [0.25, 0.3) is 0 Å². The topological polar surface area (TPSA) is 48.5 Å². The van der Waals surface area contributed by atoms with Gasteiger partial charge in [0.25, 0.3) is 5.91 Å². The van der Waals surface area contributed by atoms with Crippen LogP contribution in [-0.4, -0.2) is 46.9 Å². The maximum Gasteiger partial charge on any atom is 0.273 e. The number of benzene rings is 3. The van der Waals surface area contributed by atoms with Crippen LogP contribution in [0.5, 0.6) is 0 Å². The second-order valence-electron chi connectivity index (χ2n) is 8.23. The van der Waals surface area contributed by atoms with Gasteiger partial charge in [-0.2, -0.15) is 0 Å². The van der Waals surface area contributed by atoms with E-state index in [4.69, 9.17) is 11.6 Å². The third kappa shape index (κ3) is 5.14. The van der Waals surface area contributed by atoms with E-state index >= 15 is 0 Å². The molecule has 1 saturated heterocycles. The van der Waals surface area contributed by atoms with Gasteiger partial charge in [0.1, 0.15) is 5.69 Å². The maximum absolute atomic E-state index is 13.1. The van der Waals surface area contributed by atoms with Gasteiger partial charge in [-0.05, 0) is 29.3 Å². The van der Waals surface area contributed by atoms with Crippen molar-refractivity contribution in [2.45, 2.75) is 6.04 Å². The van der Waals surface area contributed by atoms with Gasteiger partial charge in [-0.15, -0.1) is 11.3 Å². The number of thiazole rings is 1. The minimum absolute atomic E-state index is 0.0222. The maximum atomic E-state index is 13.1. The fourth-order valence-corrected chi connectivity index (χ4v) is 5.24. The van der Waals surface area contributed by atoms with Crippen molar-refractivity contribution in [2.24, 2.45) is 0 Å². The number of nitrogens with zero attached hydrogens (tertiary/aromatic N) is 3. The number of hydrogen-bond acceptors (Lipinski definition) is 5. The Kier molecular flexibility index (Phi) is 6.90. The molecule has 1 aromatic heterocycles. The normalized spacial score (nSPS) is 14.4. The molecule has 1 amide bonds. The molecule has 0 unspecified atom stereocenters. The lowest BCUT2D eigenvalue weighted by Crippen LogP contribution is -2.50. The first kappa shape index (κ1) is 22.6. The number of anilines is 2. The highest BCUT2D eigenvalue weighted by atomic mass is 35.5. The number of aromatic nitrogens is 1. The Morgan fingerprint density at radius 3 is 2.15 bits per heavy atom. The van der Waals surface area contributed by atoms with Crippen LogP contribution in [0.15, 0.2) is 90.3 Å². The molecule has 0 spiro atoms. The lowest BCUT2D eigenvalue weighted by atomic mass is 9.96. The van der Waals surface area contributed by atoms with Crippen LogP contribution in [0.2, 0.25) is 5.02 Å². The first-order valence-electron chi connectivity index (χ1n) is 11.3. The summed E-state index contributed by atoms with van der Waals surface area (Å²) in [5.74, 6) is -0.0222. The van der Waals surface area contributed by atoms with E-state index in [9.17, 15) is 4.79 Å². The zero-order valence-electron chi connectivity index (χ0n) is 18.6. The third-order valence-electron chi connectivity index (χ3n) is 6.00. The van der Waals surface area contributed by atoms with Gasteiger partial charge < -0.3 is 10.2 Å². The average molecular weight is 489 g/mol. The third-order valence-corrected chi connectivity index (χ3v) is 6.99. The lowest BCUT2D eigenvalue weighted by molar-refractivity contribution is 0.0592. The van der Waals surface area contributed by atoms with Crippen molar-refractivity contribution in [3.63, 3.8) is 0 Å². The van der Waals surface area contributed by atoms with Crippen LogP contribution in [0, 0.1) is 0 Å². The number of rotatable bonds is 6. The molecule has 2 heterocycles. The van der Waals surface area contributed by atoms with Crippen LogP contribution in [0.3, 0.4) is 0 Å². The van der Waals surface area contributed by atoms with E-state index in [0.717, 1.165) is 18.8 Å². The van der Waals surface area contributed by atoms with Gasteiger partial charge in [0.15, 0.2) is 5.13 Å². The van der Waals surface area contributed by atoms with Gasteiger partial charge >= 0.3 is 0 Å². The SMILES string of the molecule is O=C(c1csc(Nc2cccc(Cl)c2)n1)N1CCN(C(c2ccccc2)c2ccccc2)CC1. The van der Waals surface area contributed by atoms with Crippen molar-refractivity contribution in [2.75, 3.05) is 31.5 Å². The fourth-order valence-electron chi connectivity index (χ4n) is 4.35. The van der Waals surface area contributed by atoms with Gasteiger partial charge in [0, 0.05) is 42.3 Å². The second-order valence-corrected chi connectivity index (χ2v) is 9.52. The van der Waals surface area contributed by atoms with E-state index in [2.05, 4.69) is 63.7 Å². The van der Waals surface area contributed by atoms with Gasteiger partial charge in [0.05, 0.1) is 6.04 Å². The molecule has 5 rings (SSSR count). The molecule has 1 aliphatic rings. The van der Waals surface area contributed by atoms with E-state index in [1.54, 1.807) is 0 Å². The smallest absolute Gasteiger partial charge is 0.273 e. The zero-order valence-corrected chi connectivity index (χ0v) is 20.2. The molecule has 4 aromatic rings. The number of amides is 1. The van der Waals surface area contributed by atoms with Crippen molar-refractivity contribution in [1.82, 2.24) is 14.8 Å². The summed E-state index contributed by atoms with van der Waals surface area (Å²) in [6.07, 6.45) is 0. The Labute approximate surface area is 208 Å². The van der Waals surface area contributed by atoms with E-state index in [0.29, 0.717) is 28.9 Å². The molecule has 3 aromatic carbocycles. The highest BCUT2D eigenvalue weighted by molar-refractivity contribution is 7.14. The molecule has 0 bridgehead atoms. The molecule has 0 atom stereocenters. The molecule has 1 N–H and O–H groups in total. The van der Waals surface area contributed by atoms with E-state index < -0.39 is 0 Å². The number of carbonyl (C=O) groups excluding carboxylic acids is 1. The Morgan fingerprint density at radius 1 is 0.882 bits per heavy atom. The summed E-state index contributed by atoms with van der Waals surface area (Å²) >= 11 is 7.48. The van der Waals surface area contributed by atoms with Gasteiger partial charge in [-0.3, -0.25) is 9.69 Å². The predicted octanol–water partition coefficient (Wildman–Crippen LogP) is 6.09. The Balaban J connectivity index is 1.25. The summed E-state index contributed by atoms with van der Waals surface area (Å²) in [4.78, 5) is 22.0. The van der Waals surface area contributed by atoms with E-state index in [1.165, 1.54) is 22.5 Å². The van der Waals surface area contributed by atoms with Crippen molar-refractivity contribution >= 4 is 39.7 Å². The Morgan fingerprint density at radius 2 is 1.53 bits per heavy atom. The number of hydrogen-bond donors (Lipinski definition) is 1. The van der Waals surface area contributed by atoms with Crippen molar-refractivity contribution < 1.29 is 4.79 Å². The van der Waals surface area contributed by atoms with Gasteiger partial charge in [0.2, 0.25) is 0 Å². The monoisotopic (exact) mass is 488 g/mol. The molecule has 5 nitrogen and oxygen atoms in total. The van der Waals surface area contributed by atoms with Gasteiger partial charge in [-0.25, -0.2) is 4.98 Å². The van der Waals surface area contributed by atoms with E-state index in [-0.39, 0.29) is 11.9 Å². The number of nitrogens with one attached hydrogen (secondary N) is 1. The molecule has 0 radical (unpaired) electrons. The first-order chi connectivity index (χ1) is 16.7. The molecule has 0 saturated carbocycles. The number of halogens is 1. The highest BCUT2D eigenvalue weighted by Crippen LogP contribution is 2.30. The second kappa shape index (κ2) is 10.4. The first-order valence-corrected chi connectivity index (χ1v) is 12.5. The van der Waals surface area contributed by atoms with Crippen LogP contribution in [0.1, 0.15) is 27.7 Å². The molecule has 7 heteroatoms. The molecular formula is C27H25ClN4OS. The minimum atomic E-state index is -0.0222. The highest BCUT2D eigenvalue weighted by Gasteiger charge is 2.29. The molecule has 0 aliphatic carbocycles. The molecular weight excluding hydrogens is 464 g/mol. The quantitative estimate of drug-likeness (QED) is 0.357. The standard InChI is InChI=1S/C27H25ClN4OS/c28-22-12-7-13-23(18-22)29-27-30-24(19-34-27)26(33)32-16-14-31(15-17-32)25(20-8-3-1-4-9-20)21-10-5-2-6-11-21/h1-13,18-19,25H,14-17H2,(H,29,30). The molecule has 1 fully saturated rings. The summed E-state index contributed by atoms with van der Waals surface area (Å²) in [6.45, 7) is 2.95. The van der Waals surface area contributed by atoms with Crippen LogP contribution >= 0.6 is 22.9 Å². The largest absolute Gasteiger partial charge is 0.335 e. The van der Waals surface area contributed by atoms with Crippen LogP contribution in [0.4, 0.5) is 10.8 Å². The number of piperazine rings is 1. The minimum Gasteiger partial charge on any atom is -0.335 e.